The molecular weight excluding hydrogens is 483 g/mol. The Bertz CT molecular complexity index is 1540. The fourth-order valence-corrected chi connectivity index (χ4v) is 5.09. The highest BCUT2D eigenvalue weighted by molar-refractivity contribution is 7.17. The van der Waals surface area contributed by atoms with Crippen molar-refractivity contribution >= 4 is 33.6 Å². The van der Waals surface area contributed by atoms with Gasteiger partial charge in [0.05, 0.1) is 42.2 Å². The summed E-state index contributed by atoms with van der Waals surface area (Å²) in [5.41, 5.74) is 2.13. The molecule has 0 unspecified atom stereocenters. The summed E-state index contributed by atoms with van der Waals surface area (Å²) >= 11 is 1.31. The lowest BCUT2D eigenvalue weighted by Gasteiger charge is -2.29. The SMILES string of the molecule is CCOC(=O)C1=C(Cn2cnc3scc(-c4ccc(F)cc4)c3c2=O)NC(=O)N[C@@H]1c1ccccc1. The molecule has 2 N–H and O–H groups in total. The van der Waals surface area contributed by atoms with E-state index in [4.69, 9.17) is 4.74 Å². The Labute approximate surface area is 209 Å². The lowest BCUT2D eigenvalue weighted by atomic mass is 9.95. The average Bonchev–Trinajstić information content (AvgIpc) is 3.31. The third kappa shape index (κ3) is 4.38. The van der Waals surface area contributed by atoms with E-state index in [1.165, 1.54) is 34.4 Å². The summed E-state index contributed by atoms with van der Waals surface area (Å²) in [7, 11) is 0. The highest BCUT2D eigenvalue weighted by atomic mass is 32.1. The van der Waals surface area contributed by atoms with Crippen molar-refractivity contribution in [1.29, 1.82) is 0 Å². The number of hydrogen-bond acceptors (Lipinski definition) is 6. The van der Waals surface area contributed by atoms with Crippen LogP contribution in [0.25, 0.3) is 21.3 Å². The summed E-state index contributed by atoms with van der Waals surface area (Å²) in [6, 6.07) is 13.7. The molecule has 1 atom stereocenters. The number of allylic oxidation sites excluding steroid dienone is 1. The van der Waals surface area contributed by atoms with Gasteiger partial charge in [-0.15, -0.1) is 11.3 Å². The quantitative estimate of drug-likeness (QED) is 0.385. The van der Waals surface area contributed by atoms with E-state index in [-0.39, 0.29) is 35.8 Å². The monoisotopic (exact) mass is 504 g/mol. The van der Waals surface area contributed by atoms with Gasteiger partial charge >= 0.3 is 12.0 Å². The van der Waals surface area contributed by atoms with Gasteiger partial charge < -0.3 is 15.4 Å². The molecule has 10 heteroatoms. The van der Waals surface area contributed by atoms with Crippen molar-refractivity contribution in [3.8, 4) is 11.1 Å². The van der Waals surface area contributed by atoms with Crippen molar-refractivity contribution in [2.45, 2.75) is 19.5 Å². The van der Waals surface area contributed by atoms with E-state index in [1.807, 2.05) is 18.2 Å². The largest absolute Gasteiger partial charge is 0.463 e. The zero-order valence-corrected chi connectivity index (χ0v) is 20.0. The Morgan fingerprint density at radius 3 is 2.61 bits per heavy atom. The molecule has 2 amide bonds. The highest BCUT2D eigenvalue weighted by Gasteiger charge is 2.34. The maximum Gasteiger partial charge on any atom is 0.338 e. The first-order valence-corrected chi connectivity index (χ1v) is 12.1. The molecule has 2 aromatic carbocycles. The lowest BCUT2D eigenvalue weighted by molar-refractivity contribution is -0.139. The number of esters is 1. The summed E-state index contributed by atoms with van der Waals surface area (Å²) in [5.74, 6) is -0.972. The number of ether oxygens (including phenoxy) is 1. The van der Waals surface area contributed by atoms with Gasteiger partial charge in [0.15, 0.2) is 0 Å². The number of rotatable bonds is 6. The predicted molar refractivity (Wildman–Crippen MR) is 134 cm³/mol. The van der Waals surface area contributed by atoms with Crippen LogP contribution in [0.4, 0.5) is 9.18 Å². The van der Waals surface area contributed by atoms with Gasteiger partial charge in [0.2, 0.25) is 0 Å². The number of fused-ring (bicyclic) bond motifs is 1. The normalized spacial score (nSPS) is 15.5. The van der Waals surface area contributed by atoms with E-state index < -0.39 is 18.0 Å². The molecule has 0 radical (unpaired) electrons. The first-order valence-electron chi connectivity index (χ1n) is 11.2. The number of carbonyl (C=O) groups excluding carboxylic acids is 2. The summed E-state index contributed by atoms with van der Waals surface area (Å²) in [6.07, 6.45) is 1.39. The second kappa shape index (κ2) is 9.74. The molecule has 0 spiro atoms. The van der Waals surface area contributed by atoms with E-state index in [2.05, 4.69) is 15.6 Å². The van der Waals surface area contributed by atoms with E-state index >= 15 is 0 Å². The number of aromatic nitrogens is 2. The van der Waals surface area contributed by atoms with Crippen LogP contribution in [0.3, 0.4) is 0 Å². The summed E-state index contributed by atoms with van der Waals surface area (Å²) in [5, 5.41) is 7.64. The number of urea groups is 1. The number of carbonyl (C=O) groups is 2. The average molecular weight is 505 g/mol. The molecule has 0 fully saturated rings. The topological polar surface area (TPSA) is 102 Å². The number of thiophene rings is 1. The standard InChI is InChI=1S/C26H21FN4O4S/c1-2-35-25(33)21-19(29-26(34)30-22(21)16-6-4-3-5-7-16)12-31-14-28-23-20(24(31)32)18(13-36-23)15-8-10-17(27)11-9-15/h3-11,13-14,22H,2,12H2,1H3,(H2,29,30,34)/t22-/m1/s1. The van der Waals surface area contributed by atoms with Crippen LogP contribution < -0.4 is 16.2 Å². The van der Waals surface area contributed by atoms with Crippen LogP contribution in [-0.4, -0.2) is 28.2 Å². The van der Waals surface area contributed by atoms with Gasteiger partial charge in [-0.05, 0) is 30.2 Å². The van der Waals surface area contributed by atoms with Crippen LogP contribution in [0, 0.1) is 5.82 Å². The molecule has 2 aromatic heterocycles. The minimum Gasteiger partial charge on any atom is -0.463 e. The smallest absolute Gasteiger partial charge is 0.338 e. The Hall–Kier alpha value is -4.31. The van der Waals surface area contributed by atoms with Crippen LogP contribution >= 0.6 is 11.3 Å². The minimum atomic E-state index is -0.752. The molecule has 36 heavy (non-hydrogen) atoms. The zero-order valence-electron chi connectivity index (χ0n) is 19.2. The van der Waals surface area contributed by atoms with E-state index in [0.717, 1.165) is 0 Å². The number of nitrogens with zero attached hydrogens (tertiary/aromatic N) is 2. The molecule has 5 rings (SSSR count). The van der Waals surface area contributed by atoms with Gasteiger partial charge in [0.25, 0.3) is 5.56 Å². The molecular formula is C26H21FN4O4S. The van der Waals surface area contributed by atoms with Gasteiger partial charge in [0, 0.05) is 10.9 Å². The van der Waals surface area contributed by atoms with Crippen LogP contribution in [0.1, 0.15) is 18.5 Å². The number of hydrogen-bond donors (Lipinski definition) is 2. The molecule has 1 aliphatic rings. The number of amides is 2. The van der Waals surface area contributed by atoms with E-state index in [0.29, 0.717) is 26.9 Å². The molecule has 4 aromatic rings. The van der Waals surface area contributed by atoms with Crippen LogP contribution in [0.5, 0.6) is 0 Å². The summed E-state index contributed by atoms with van der Waals surface area (Å²) in [6.45, 7) is 1.74. The van der Waals surface area contributed by atoms with Crippen molar-refractivity contribution in [3.63, 3.8) is 0 Å². The highest BCUT2D eigenvalue weighted by Crippen LogP contribution is 2.31. The van der Waals surface area contributed by atoms with Crippen molar-refractivity contribution < 1.29 is 18.7 Å². The van der Waals surface area contributed by atoms with Gasteiger partial charge in [0.1, 0.15) is 10.6 Å². The van der Waals surface area contributed by atoms with Gasteiger partial charge in [-0.3, -0.25) is 9.36 Å². The van der Waals surface area contributed by atoms with Gasteiger partial charge in [-0.25, -0.2) is 19.0 Å². The first-order chi connectivity index (χ1) is 17.5. The van der Waals surface area contributed by atoms with Crippen molar-refractivity contribution in [2.75, 3.05) is 6.61 Å². The fourth-order valence-electron chi connectivity index (χ4n) is 4.18. The van der Waals surface area contributed by atoms with Gasteiger partial charge in [-0.1, -0.05) is 42.5 Å². The van der Waals surface area contributed by atoms with E-state index in [1.54, 1.807) is 36.6 Å². The Morgan fingerprint density at radius 1 is 1.14 bits per heavy atom. The van der Waals surface area contributed by atoms with Crippen LogP contribution in [-0.2, 0) is 16.1 Å². The third-order valence-corrected chi connectivity index (χ3v) is 6.71. The summed E-state index contributed by atoms with van der Waals surface area (Å²) < 4.78 is 20.1. The predicted octanol–water partition coefficient (Wildman–Crippen LogP) is 4.14. The Balaban J connectivity index is 1.62. The van der Waals surface area contributed by atoms with Gasteiger partial charge in [-0.2, -0.15) is 0 Å². The molecule has 8 nitrogen and oxygen atoms in total. The number of benzene rings is 2. The molecule has 182 valence electrons. The minimum absolute atomic E-state index is 0.106. The molecule has 0 bridgehead atoms. The second-order valence-corrected chi connectivity index (χ2v) is 8.93. The number of halogens is 1. The first kappa shape index (κ1) is 23.4. The van der Waals surface area contributed by atoms with Crippen molar-refractivity contribution in [2.24, 2.45) is 0 Å². The summed E-state index contributed by atoms with van der Waals surface area (Å²) in [4.78, 5) is 44.1. The van der Waals surface area contributed by atoms with Crippen molar-refractivity contribution in [1.82, 2.24) is 20.2 Å². The Kier molecular flexibility index (Phi) is 6.34. The van der Waals surface area contributed by atoms with Crippen molar-refractivity contribution in [3.05, 3.63) is 99.3 Å². The molecule has 0 saturated heterocycles. The fraction of sp³-hybridized carbons (Fsp3) is 0.154. The van der Waals surface area contributed by atoms with Crippen LogP contribution in [0.2, 0.25) is 0 Å². The van der Waals surface area contributed by atoms with Crippen LogP contribution in [0.15, 0.2) is 82.4 Å². The molecule has 0 saturated carbocycles. The lowest BCUT2D eigenvalue weighted by Crippen LogP contribution is -2.47. The molecule has 3 heterocycles. The third-order valence-electron chi connectivity index (χ3n) is 5.83. The maximum atomic E-state index is 13.5. The second-order valence-electron chi connectivity index (χ2n) is 8.07. The maximum absolute atomic E-state index is 13.5. The Morgan fingerprint density at radius 2 is 1.89 bits per heavy atom. The number of nitrogens with one attached hydrogen (secondary N) is 2. The van der Waals surface area contributed by atoms with E-state index in [9.17, 15) is 18.8 Å². The molecule has 0 aliphatic carbocycles. The molecule has 1 aliphatic heterocycles. The zero-order chi connectivity index (χ0) is 25.2.